The minimum atomic E-state index is -4.87. The number of Topliss-reactive ketones (excluding diaryl/α,β-unsaturated/α-hetero) is 1. The molecule has 160 valence electrons. The van der Waals surface area contributed by atoms with E-state index < -0.39 is 23.8 Å². The Bertz CT molecular complexity index is 1060. The first-order valence-corrected chi connectivity index (χ1v) is 9.26. The molecule has 3 rings (SSSR count). The molecule has 2 aromatic rings. The SMILES string of the molecule is N#C/C(C(=O)c1ccc(OC(F)(F)F)cc1)=C1\COCCN1C(=O)c1ccc(Cl)cc1. The first kappa shape index (κ1) is 22.3. The van der Waals surface area contributed by atoms with Crippen molar-refractivity contribution in [3.8, 4) is 11.8 Å². The third-order valence-electron chi connectivity index (χ3n) is 4.34. The minimum absolute atomic E-state index is 0.0389. The first-order chi connectivity index (χ1) is 14.7. The molecule has 1 amide bonds. The van der Waals surface area contributed by atoms with Crippen LogP contribution in [0.2, 0.25) is 5.02 Å². The van der Waals surface area contributed by atoms with E-state index in [1.807, 2.05) is 0 Å². The van der Waals surface area contributed by atoms with Crippen LogP contribution >= 0.6 is 11.6 Å². The highest BCUT2D eigenvalue weighted by atomic mass is 35.5. The standard InChI is InChI=1S/C21H14ClF3N2O4/c22-15-5-1-14(2-6-15)20(29)27-9-10-30-12-18(27)17(11-26)19(28)13-3-7-16(8-4-13)31-21(23,24)25/h1-8H,9-10,12H2/b18-17-. The van der Waals surface area contributed by atoms with E-state index in [2.05, 4.69) is 4.74 Å². The van der Waals surface area contributed by atoms with E-state index in [1.165, 1.54) is 17.0 Å². The Balaban J connectivity index is 1.92. The second-order valence-corrected chi connectivity index (χ2v) is 6.79. The normalized spacial score (nSPS) is 15.8. The summed E-state index contributed by atoms with van der Waals surface area (Å²) in [7, 11) is 0. The molecule has 0 radical (unpaired) electrons. The van der Waals surface area contributed by atoms with Gasteiger partial charge in [0.1, 0.15) is 17.4 Å². The predicted octanol–water partition coefficient (Wildman–Crippen LogP) is 4.37. The van der Waals surface area contributed by atoms with E-state index in [1.54, 1.807) is 18.2 Å². The van der Waals surface area contributed by atoms with Crippen LogP contribution in [0.1, 0.15) is 20.7 Å². The van der Waals surface area contributed by atoms with Gasteiger partial charge < -0.3 is 14.4 Å². The maximum absolute atomic E-state index is 12.9. The van der Waals surface area contributed by atoms with Crippen molar-refractivity contribution < 1.29 is 32.2 Å². The lowest BCUT2D eigenvalue weighted by molar-refractivity contribution is -0.274. The number of nitriles is 1. The van der Waals surface area contributed by atoms with Gasteiger partial charge >= 0.3 is 6.36 Å². The van der Waals surface area contributed by atoms with Crippen LogP contribution in [0.4, 0.5) is 13.2 Å². The van der Waals surface area contributed by atoms with Gasteiger partial charge in [-0.3, -0.25) is 9.59 Å². The Morgan fingerprint density at radius 1 is 1.06 bits per heavy atom. The monoisotopic (exact) mass is 450 g/mol. The molecule has 31 heavy (non-hydrogen) atoms. The van der Waals surface area contributed by atoms with Gasteiger partial charge in [0.2, 0.25) is 5.78 Å². The van der Waals surface area contributed by atoms with E-state index in [9.17, 15) is 28.0 Å². The summed E-state index contributed by atoms with van der Waals surface area (Å²) in [6.07, 6.45) is -4.87. The Morgan fingerprint density at radius 3 is 2.26 bits per heavy atom. The molecule has 0 saturated carbocycles. The summed E-state index contributed by atoms with van der Waals surface area (Å²) in [5, 5.41) is 10.1. The fourth-order valence-corrected chi connectivity index (χ4v) is 3.04. The summed E-state index contributed by atoms with van der Waals surface area (Å²) in [5.41, 5.74) is 0.00560. The van der Waals surface area contributed by atoms with Crippen molar-refractivity contribution in [1.82, 2.24) is 4.90 Å². The van der Waals surface area contributed by atoms with Crippen LogP contribution < -0.4 is 4.74 Å². The van der Waals surface area contributed by atoms with Crippen molar-refractivity contribution in [2.75, 3.05) is 19.8 Å². The number of nitrogens with zero attached hydrogens (tertiary/aromatic N) is 2. The van der Waals surface area contributed by atoms with Gasteiger partial charge in [0.15, 0.2) is 0 Å². The van der Waals surface area contributed by atoms with Crippen molar-refractivity contribution in [1.29, 1.82) is 5.26 Å². The Morgan fingerprint density at radius 2 is 1.68 bits per heavy atom. The summed E-state index contributed by atoms with van der Waals surface area (Å²) in [4.78, 5) is 27.1. The lowest BCUT2D eigenvalue weighted by Gasteiger charge is -2.30. The van der Waals surface area contributed by atoms with Crippen LogP contribution in [0.5, 0.6) is 5.75 Å². The lowest BCUT2D eigenvalue weighted by atomic mass is 10.0. The van der Waals surface area contributed by atoms with E-state index in [4.69, 9.17) is 16.3 Å². The summed E-state index contributed by atoms with van der Waals surface area (Å²) in [6, 6.07) is 12.1. The van der Waals surface area contributed by atoms with Crippen molar-refractivity contribution in [2.24, 2.45) is 0 Å². The average molecular weight is 451 g/mol. The molecule has 1 aliphatic heterocycles. The highest BCUT2D eigenvalue weighted by Gasteiger charge is 2.32. The molecule has 1 aliphatic rings. The Labute approximate surface area is 180 Å². The molecule has 10 heteroatoms. The summed E-state index contributed by atoms with van der Waals surface area (Å²) in [5.74, 6) is -1.70. The maximum atomic E-state index is 12.9. The number of hydrogen-bond acceptors (Lipinski definition) is 5. The number of allylic oxidation sites excluding steroid dienone is 1. The van der Waals surface area contributed by atoms with Gasteiger partial charge in [-0.15, -0.1) is 13.2 Å². The summed E-state index contributed by atoms with van der Waals surface area (Å²) >= 11 is 5.85. The van der Waals surface area contributed by atoms with Gasteiger partial charge in [-0.25, -0.2) is 0 Å². The molecule has 0 unspecified atom stereocenters. The van der Waals surface area contributed by atoms with Gasteiger partial charge in [0.05, 0.1) is 18.9 Å². The zero-order valence-corrected chi connectivity index (χ0v) is 16.5. The molecule has 1 saturated heterocycles. The van der Waals surface area contributed by atoms with Gasteiger partial charge in [-0.2, -0.15) is 5.26 Å². The molecule has 0 bridgehead atoms. The summed E-state index contributed by atoms with van der Waals surface area (Å²) < 4.78 is 46.0. The van der Waals surface area contributed by atoms with Crippen molar-refractivity contribution in [3.63, 3.8) is 0 Å². The van der Waals surface area contributed by atoms with E-state index in [0.717, 1.165) is 24.3 Å². The number of ketones is 1. The minimum Gasteiger partial charge on any atom is -0.406 e. The molecule has 0 aliphatic carbocycles. The highest BCUT2D eigenvalue weighted by Crippen LogP contribution is 2.25. The van der Waals surface area contributed by atoms with Crippen LogP contribution in [0, 0.1) is 11.3 Å². The fraction of sp³-hybridized carbons (Fsp3) is 0.190. The van der Waals surface area contributed by atoms with E-state index in [-0.39, 0.29) is 36.6 Å². The largest absolute Gasteiger partial charge is 0.573 e. The number of alkyl halides is 3. The van der Waals surface area contributed by atoms with Crippen LogP contribution in [0.25, 0.3) is 0 Å². The van der Waals surface area contributed by atoms with Crippen LogP contribution in [-0.2, 0) is 4.74 Å². The van der Waals surface area contributed by atoms with E-state index >= 15 is 0 Å². The topological polar surface area (TPSA) is 79.6 Å². The zero-order valence-electron chi connectivity index (χ0n) is 15.8. The number of ether oxygens (including phenoxy) is 2. The number of hydrogen-bond donors (Lipinski definition) is 0. The smallest absolute Gasteiger partial charge is 0.406 e. The molecular formula is C21H14ClF3N2O4. The predicted molar refractivity (Wildman–Crippen MR) is 103 cm³/mol. The van der Waals surface area contributed by atoms with Gasteiger partial charge in [0.25, 0.3) is 5.91 Å². The van der Waals surface area contributed by atoms with E-state index in [0.29, 0.717) is 10.6 Å². The van der Waals surface area contributed by atoms with Crippen molar-refractivity contribution >= 4 is 23.3 Å². The number of rotatable bonds is 4. The van der Waals surface area contributed by atoms with Gasteiger partial charge in [-0.1, -0.05) is 11.6 Å². The molecular weight excluding hydrogens is 437 g/mol. The summed E-state index contributed by atoms with van der Waals surface area (Å²) in [6.45, 7) is 0.177. The molecule has 0 N–H and O–H groups in total. The third-order valence-corrected chi connectivity index (χ3v) is 4.59. The third kappa shape index (κ3) is 5.42. The Kier molecular flexibility index (Phi) is 6.63. The van der Waals surface area contributed by atoms with Gasteiger partial charge in [0, 0.05) is 22.7 Å². The molecule has 2 aromatic carbocycles. The molecule has 1 fully saturated rings. The molecule has 0 aromatic heterocycles. The van der Waals surface area contributed by atoms with Crippen LogP contribution in [-0.4, -0.2) is 42.7 Å². The molecule has 0 spiro atoms. The van der Waals surface area contributed by atoms with Crippen molar-refractivity contribution in [3.05, 3.63) is 76.0 Å². The molecule has 0 atom stereocenters. The van der Waals surface area contributed by atoms with Crippen LogP contribution in [0.15, 0.2) is 59.8 Å². The first-order valence-electron chi connectivity index (χ1n) is 8.88. The van der Waals surface area contributed by atoms with Crippen LogP contribution in [0.3, 0.4) is 0 Å². The number of carbonyl (C=O) groups is 2. The quantitative estimate of drug-likeness (QED) is 0.392. The number of carbonyl (C=O) groups excluding carboxylic acids is 2. The number of halogens is 4. The zero-order chi connectivity index (χ0) is 22.6. The average Bonchev–Trinajstić information content (AvgIpc) is 2.74. The Hall–Kier alpha value is -3.35. The highest BCUT2D eigenvalue weighted by molar-refractivity contribution is 6.30. The number of benzene rings is 2. The second-order valence-electron chi connectivity index (χ2n) is 6.35. The number of amides is 1. The maximum Gasteiger partial charge on any atom is 0.573 e. The second kappa shape index (κ2) is 9.20. The lowest BCUT2D eigenvalue weighted by Crippen LogP contribution is -2.40. The van der Waals surface area contributed by atoms with Crippen molar-refractivity contribution in [2.45, 2.75) is 6.36 Å². The van der Waals surface area contributed by atoms with Gasteiger partial charge in [-0.05, 0) is 48.5 Å². The fourth-order valence-electron chi connectivity index (χ4n) is 2.92. The molecule has 1 heterocycles. The number of morpholine rings is 1. The molecule has 6 nitrogen and oxygen atoms in total.